The Morgan fingerprint density at radius 1 is 1.53 bits per heavy atom. The maximum absolute atomic E-state index is 12.3. The Balaban J connectivity index is 0.000000265. The van der Waals surface area contributed by atoms with Crippen molar-refractivity contribution < 1.29 is 19.0 Å². The van der Waals surface area contributed by atoms with Gasteiger partial charge in [0.2, 0.25) is 0 Å². The maximum atomic E-state index is 12.3. The molecule has 1 rings (SSSR count). The van der Waals surface area contributed by atoms with Gasteiger partial charge in [-0.25, -0.2) is 4.39 Å². The normalized spacial score (nSPS) is 26.2. The van der Waals surface area contributed by atoms with Crippen molar-refractivity contribution in [3.05, 3.63) is 0 Å². The molecule has 0 aromatic rings. The Morgan fingerprint density at radius 3 is 2.33 bits per heavy atom. The van der Waals surface area contributed by atoms with Crippen LogP contribution in [0.4, 0.5) is 4.39 Å². The fourth-order valence-electron chi connectivity index (χ4n) is 0.951. The molecule has 1 fully saturated rings. The van der Waals surface area contributed by atoms with E-state index in [0.717, 1.165) is 6.54 Å². The van der Waals surface area contributed by atoms with Gasteiger partial charge in [-0.1, -0.05) is 0 Å². The van der Waals surface area contributed by atoms with Crippen molar-refractivity contribution in [1.29, 1.82) is 0 Å². The molecule has 0 spiro atoms. The lowest BCUT2D eigenvalue weighted by Crippen LogP contribution is -2.41. The molecule has 4 nitrogen and oxygen atoms in total. The summed E-state index contributed by atoms with van der Waals surface area (Å²) in [5, 5.41) is 11.6. The molecule has 1 aliphatic rings. The van der Waals surface area contributed by atoms with Crippen molar-refractivity contribution in [3.8, 4) is 0 Å². The summed E-state index contributed by atoms with van der Waals surface area (Å²) in [6, 6.07) is 0. The van der Waals surface area contributed by atoms with E-state index in [0.29, 0.717) is 19.4 Å². The minimum absolute atomic E-state index is 0.307. The highest BCUT2D eigenvalue weighted by molar-refractivity contribution is 5.37. The predicted molar refractivity (Wildman–Crippen MR) is 55.3 cm³/mol. The highest BCUT2D eigenvalue weighted by Crippen LogP contribution is 2.05. The molecule has 2 N–H and O–H groups in total. The number of piperidine rings is 1. The second-order valence-corrected chi connectivity index (χ2v) is 4.40. The Hall–Kier alpha value is -0.680. The first-order valence-electron chi connectivity index (χ1n) is 5.01. The zero-order valence-corrected chi connectivity index (χ0v) is 9.50. The number of ether oxygens (including phenoxy) is 1. The maximum Gasteiger partial charge on any atom is 0.293 e. The molecule has 0 aromatic carbocycles. The number of aliphatic hydroxyl groups excluding tert-OH is 1. The molecule has 1 heterocycles. The summed E-state index contributed by atoms with van der Waals surface area (Å²) in [7, 11) is 0. The molecule has 0 saturated carbocycles. The fourth-order valence-corrected chi connectivity index (χ4v) is 0.951. The van der Waals surface area contributed by atoms with Gasteiger partial charge in [0.1, 0.15) is 11.8 Å². The van der Waals surface area contributed by atoms with Crippen LogP contribution in [0.2, 0.25) is 0 Å². The molecule has 5 heteroatoms. The minimum Gasteiger partial charge on any atom is -0.462 e. The van der Waals surface area contributed by atoms with E-state index in [2.05, 4.69) is 10.1 Å². The summed E-state index contributed by atoms with van der Waals surface area (Å²) >= 11 is 0. The van der Waals surface area contributed by atoms with Gasteiger partial charge in [-0.05, 0) is 33.7 Å². The zero-order chi connectivity index (χ0) is 11.9. The van der Waals surface area contributed by atoms with E-state index < -0.39 is 12.3 Å². The minimum atomic E-state index is -1.05. The predicted octanol–water partition coefficient (Wildman–Crippen LogP) is 0.637. The van der Waals surface area contributed by atoms with Crippen LogP contribution in [0.3, 0.4) is 0 Å². The van der Waals surface area contributed by atoms with Crippen LogP contribution in [0.15, 0.2) is 0 Å². The zero-order valence-electron chi connectivity index (χ0n) is 9.50. The molecule has 0 bridgehead atoms. The van der Waals surface area contributed by atoms with E-state index in [4.69, 9.17) is 5.11 Å². The standard InChI is InChI=1S/C5H10FNO.C5H10O2/c6-4-3-7-2-1-5(4)8;1-5(2,3)7-4-6/h4-5,7-8H,1-3H2;4H,1-3H3. The first-order chi connectivity index (χ1) is 6.87. The van der Waals surface area contributed by atoms with Crippen molar-refractivity contribution in [2.24, 2.45) is 0 Å². The van der Waals surface area contributed by atoms with Gasteiger partial charge in [-0.15, -0.1) is 0 Å². The van der Waals surface area contributed by atoms with E-state index in [9.17, 15) is 9.18 Å². The molecular formula is C10H20FNO3. The lowest BCUT2D eigenvalue weighted by Gasteiger charge is -2.21. The number of carbonyl (C=O) groups is 1. The van der Waals surface area contributed by atoms with Crippen LogP contribution in [-0.2, 0) is 9.53 Å². The molecule has 0 aromatic heterocycles. The first-order valence-corrected chi connectivity index (χ1v) is 5.01. The Bertz CT molecular complexity index is 172. The quantitative estimate of drug-likeness (QED) is 0.638. The van der Waals surface area contributed by atoms with E-state index in [1.807, 2.05) is 20.8 Å². The van der Waals surface area contributed by atoms with E-state index in [1.54, 1.807) is 0 Å². The average Bonchev–Trinajstić information content (AvgIpc) is 2.09. The summed E-state index contributed by atoms with van der Waals surface area (Å²) < 4.78 is 16.8. The molecule has 0 aliphatic carbocycles. The molecule has 1 saturated heterocycles. The number of alkyl halides is 1. The number of aliphatic hydroxyl groups is 1. The highest BCUT2D eigenvalue weighted by Gasteiger charge is 2.20. The molecule has 90 valence electrons. The van der Waals surface area contributed by atoms with E-state index in [-0.39, 0.29) is 5.60 Å². The number of hydrogen-bond acceptors (Lipinski definition) is 4. The van der Waals surface area contributed by atoms with Crippen LogP contribution in [0.5, 0.6) is 0 Å². The van der Waals surface area contributed by atoms with Gasteiger partial charge in [0, 0.05) is 6.54 Å². The van der Waals surface area contributed by atoms with Crippen LogP contribution in [0.25, 0.3) is 0 Å². The third-order valence-electron chi connectivity index (χ3n) is 1.78. The molecule has 1 aliphatic heterocycles. The second-order valence-electron chi connectivity index (χ2n) is 4.40. The van der Waals surface area contributed by atoms with Crippen LogP contribution in [0, 0.1) is 0 Å². The third kappa shape index (κ3) is 8.32. The van der Waals surface area contributed by atoms with Gasteiger partial charge in [0.15, 0.2) is 0 Å². The molecule has 0 radical (unpaired) electrons. The van der Waals surface area contributed by atoms with Gasteiger partial charge in [0.05, 0.1) is 6.10 Å². The van der Waals surface area contributed by atoms with Crippen molar-refractivity contribution in [3.63, 3.8) is 0 Å². The lowest BCUT2D eigenvalue weighted by atomic mass is 10.1. The van der Waals surface area contributed by atoms with E-state index in [1.165, 1.54) is 0 Å². The van der Waals surface area contributed by atoms with Crippen molar-refractivity contribution >= 4 is 6.47 Å². The summed E-state index contributed by atoms with van der Waals surface area (Å²) in [6.07, 6.45) is -1.23. The average molecular weight is 221 g/mol. The molecule has 15 heavy (non-hydrogen) atoms. The van der Waals surface area contributed by atoms with Gasteiger partial charge in [-0.3, -0.25) is 4.79 Å². The van der Waals surface area contributed by atoms with Crippen molar-refractivity contribution in [2.45, 2.75) is 45.1 Å². The van der Waals surface area contributed by atoms with Crippen LogP contribution >= 0.6 is 0 Å². The summed E-state index contributed by atoms with van der Waals surface area (Å²) in [5.74, 6) is 0. The Kier molecular flexibility index (Phi) is 6.43. The fraction of sp³-hybridized carbons (Fsp3) is 0.900. The molecular weight excluding hydrogens is 201 g/mol. The van der Waals surface area contributed by atoms with Crippen molar-refractivity contribution in [1.82, 2.24) is 5.32 Å². The number of nitrogens with one attached hydrogen (secondary N) is 1. The largest absolute Gasteiger partial charge is 0.462 e. The van der Waals surface area contributed by atoms with Crippen LogP contribution in [-0.4, -0.2) is 42.5 Å². The number of hydrogen-bond donors (Lipinski definition) is 2. The van der Waals surface area contributed by atoms with Gasteiger partial charge in [0.25, 0.3) is 6.47 Å². The third-order valence-corrected chi connectivity index (χ3v) is 1.78. The summed E-state index contributed by atoms with van der Waals surface area (Å²) in [5.41, 5.74) is -0.318. The topological polar surface area (TPSA) is 58.6 Å². The second kappa shape index (κ2) is 6.74. The number of carbonyl (C=O) groups excluding carboxylic acids is 1. The molecule has 0 amide bonds. The molecule has 2 unspecified atom stereocenters. The number of halogens is 1. The monoisotopic (exact) mass is 221 g/mol. The van der Waals surface area contributed by atoms with Gasteiger partial charge < -0.3 is 15.2 Å². The smallest absolute Gasteiger partial charge is 0.293 e. The highest BCUT2D eigenvalue weighted by atomic mass is 19.1. The number of rotatable bonds is 1. The SMILES string of the molecule is CC(C)(C)OC=O.OC1CCNCC1F. The Labute approximate surface area is 89.8 Å². The summed E-state index contributed by atoms with van der Waals surface area (Å²) in [6.45, 7) is 6.97. The van der Waals surface area contributed by atoms with E-state index >= 15 is 0 Å². The van der Waals surface area contributed by atoms with Gasteiger partial charge >= 0.3 is 0 Å². The molecule has 2 atom stereocenters. The Morgan fingerprint density at radius 2 is 2.13 bits per heavy atom. The van der Waals surface area contributed by atoms with Crippen molar-refractivity contribution in [2.75, 3.05) is 13.1 Å². The van der Waals surface area contributed by atoms with Crippen LogP contribution < -0.4 is 5.32 Å². The summed E-state index contributed by atoms with van der Waals surface area (Å²) in [4.78, 5) is 9.60. The lowest BCUT2D eigenvalue weighted by molar-refractivity contribution is -0.138. The van der Waals surface area contributed by atoms with Crippen LogP contribution in [0.1, 0.15) is 27.2 Å². The van der Waals surface area contributed by atoms with Gasteiger partial charge in [-0.2, -0.15) is 0 Å². The first kappa shape index (κ1) is 14.3.